The van der Waals surface area contributed by atoms with Crippen molar-refractivity contribution < 1.29 is 18.9 Å². The third-order valence-corrected chi connectivity index (χ3v) is 9.07. The number of hydrogen-bond donors (Lipinski definition) is 0. The molecule has 0 aliphatic carbocycles. The number of nitrogens with zero attached hydrogens (tertiary/aromatic N) is 2. The molecule has 4 aromatic rings. The van der Waals surface area contributed by atoms with Gasteiger partial charge in [-0.1, -0.05) is 53.5 Å². The second kappa shape index (κ2) is 12.5. The van der Waals surface area contributed by atoms with Gasteiger partial charge in [0.25, 0.3) is 0 Å². The molecule has 0 fully saturated rings. The smallest absolute Gasteiger partial charge is 0.168 e. The van der Waals surface area contributed by atoms with E-state index in [2.05, 4.69) is 68.3 Å². The molecule has 0 N–H and O–H groups in total. The summed E-state index contributed by atoms with van der Waals surface area (Å²) in [5, 5.41) is 5.69. The van der Waals surface area contributed by atoms with Crippen molar-refractivity contribution >= 4 is 23.2 Å². The van der Waals surface area contributed by atoms with E-state index in [9.17, 15) is 0 Å². The van der Waals surface area contributed by atoms with Crippen LogP contribution in [0.25, 0.3) is 22.3 Å². The third kappa shape index (κ3) is 5.96. The maximum atomic E-state index is 6.64. The number of halogens is 2. The van der Waals surface area contributed by atoms with Crippen LogP contribution in [-0.2, 0) is 12.8 Å². The predicted octanol–water partition coefficient (Wildman–Crippen LogP) is 8.05. The van der Waals surface area contributed by atoms with E-state index in [0.29, 0.717) is 21.5 Å². The number of benzene rings is 4. The van der Waals surface area contributed by atoms with E-state index in [4.69, 9.17) is 42.1 Å². The number of aryl methyl sites for hydroxylation is 2. The fourth-order valence-electron chi connectivity index (χ4n) is 6.46. The molecular formula is C36H38Cl2N2O4. The Balaban J connectivity index is 1.14. The van der Waals surface area contributed by atoms with Gasteiger partial charge in [0.1, 0.15) is 23.7 Å². The van der Waals surface area contributed by atoms with Gasteiger partial charge in [0.15, 0.2) is 11.5 Å². The highest BCUT2D eigenvalue weighted by atomic mass is 35.5. The normalized spacial score (nSPS) is 17.0. The van der Waals surface area contributed by atoms with Gasteiger partial charge in [-0.05, 0) is 66.4 Å². The summed E-state index contributed by atoms with van der Waals surface area (Å²) < 4.78 is 24.6. The topological polar surface area (TPSA) is 43.4 Å². The maximum absolute atomic E-state index is 6.64. The number of rotatable bonds is 9. The molecule has 44 heavy (non-hydrogen) atoms. The minimum absolute atomic E-state index is 0.0117. The standard InChI is InChI=1S/C36H38Cl2N2O4/c1-21-12-23-16-26(43-34(23)30(14-21)28-11-10-25(37)18-32(28)38)19-39(3)40(4)20-27-17-24-13-22(2)15-31(35(24)44-27)29-8-7-9-33(41-5)36(29)42-6/h7-15,18,26-27H,16-17,19-20H2,1-6H3. The van der Waals surface area contributed by atoms with Crippen LogP contribution in [0.2, 0.25) is 10.0 Å². The molecule has 2 unspecified atom stereocenters. The van der Waals surface area contributed by atoms with E-state index in [0.717, 1.165) is 59.7 Å². The predicted molar refractivity (Wildman–Crippen MR) is 178 cm³/mol. The summed E-state index contributed by atoms with van der Waals surface area (Å²) in [5.41, 5.74) is 8.71. The molecule has 0 spiro atoms. The molecule has 2 heterocycles. The Morgan fingerprint density at radius 3 is 1.80 bits per heavy atom. The molecule has 0 aromatic heterocycles. The second-order valence-corrected chi connectivity index (χ2v) is 12.7. The van der Waals surface area contributed by atoms with Crippen LogP contribution in [0.1, 0.15) is 22.3 Å². The number of hydrogen-bond acceptors (Lipinski definition) is 6. The molecule has 0 bridgehead atoms. The number of hydrazine groups is 1. The minimum Gasteiger partial charge on any atom is -0.493 e. The number of para-hydroxylation sites is 1. The minimum atomic E-state index is 0.0117. The summed E-state index contributed by atoms with van der Waals surface area (Å²) in [5.74, 6) is 3.24. The molecule has 2 atom stereocenters. The first-order valence-electron chi connectivity index (χ1n) is 14.8. The first-order chi connectivity index (χ1) is 21.1. The molecule has 2 aliphatic rings. The van der Waals surface area contributed by atoms with Crippen molar-refractivity contribution in [3.05, 3.63) is 93.0 Å². The summed E-state index contributed by atoms with van der Waals surface area (Å²) in [6, 6.07) is 20.3. The largest absolute Gasteiger partial charge is 0.493 e. The molecule has 0 saturated heterocycles. The molecule has 6 rings (SSSR count). The maximum Gasteiger partial charge on any atom is 0.168 e. The molecular weight excluding hydrogens is 595 g/mol. The van der Waals surface area contributed by atoms with E-state index in [-0.39, 0.29) is 12.2 Å². The Hall–Kier alpha value is -3.42. The molecule has 0 amide bonds. The van der Waals surface area contributed by atoms with Crippen LogP contribution in [0.3, 0.4) is 0 Å². The molecule has 0 saturated carbocycles. The SMILES string of the molecule is COc1cccc(-c2cc(C)cc3c2OC(CN(C)N(C)CC2Cc4cc(C)cc(-c5ccc(Cl)cc5Cl)c4O2)C3)c1OC. The van der Waals surface area contributed by atoms with Gasteiger partial charge in [0, 0.05) is 54.2 Å². The van der Waals surface area contributed by atoms with E-state index in [1.54, 1.807) is 20.3 Å². The van der Waals surface area contributed by atoms with Crippen LogP contribution in [0, 0.1) is 13.8 Å². The zero-order chi connectivity index (χ0) is 31.1. The van der Waals surface area contributed by atoms with Gasteiger partial charge in [-0.2, -0.15) is 0 Å². The third-order valence-electron chi connectivity index (χ3n) is 8.52. The number of likely N-dealkylation sites (N-methyl/N-ethyl adjacent to an activating group) is 2. The Bertz CT molecular complexity index is 1710. The lowest BCUT2D eigenvalue weighted by Gasteiger charge is -2.31. The van der Waals surface area contributed by atoms with Crippen molar-refractivity contribution in [1.29, 1.82) is 0 Å². The van der Waals surface area contributed by atoms with Crippen LogP contribution in [0.15, 0.2) is 60.7 Å². The fraction of sp³-hybridized carbons (Fsp3) is 0.333. The Morgan fingerprint density at radius 1 is 0.705 bits per heavy atom. The average Bonchev–Trinajstić information content (AvgIpc) is 3.58. The Kier molecular flexibility index (Phi) is 8.71. The van der Waals surface area contributed by atoms with Crippen molar-refractivity contribution in [2.24, 2.45) is 0 Å². The van der Waals surface area contributed by atoms with Gasteiger partial charge in [-0.15, -0.1) is 0 Å². The van der Waals surface area contributed by atoms with Crippen LogP contribution in [-0.4, -0.2) is 63.6 Å². The zero-order valence-electron chi connectivity index (χ0n) is 26.0. The lowest BCUT2D eigenvalue weighted by molar-refractivity contribution is -0.0221. The number of ether oxygens (including phenoxy) is 4. The highest BCUT2D eigenvalue weighted by Gasteiger charge is 2.32. The van der Waals surface area contributed by atoms with E-state index in [1.807, 2.05) is 24.3 Å². The summed E-state index contributed by atoms with van der Waals surface area (Å²) in [6.07, 6.45) is 1.70. The summed E-state index contributed by atoms with van der Waals surface area (Å²) in [7, 11) is 7.54. The number of fused-ring (bicyclic) bond motifs is 2. The van der Waals surface area contributed by atoms with Crippen LogP contribution in [0.5, 0.6) is 23.0 Å². The van der Waals surface area contributed by atoms with Gasteiger partial charge in [-0.3, -0.25) is 0 Å². The lowest BCUT2D eigenvalue weighted by Crippen LogP contribution is -2.46. The summed E-state index contributed by atoms with van der Waals surface area (Å²) >= 11 is 12.8. The van der Waals surface area contributed by atoms with E-state index < -0.39 is 0 Å². The quantitative estimate of drug-likeness (QED) is 0.174. The van der Waals surface area contributed by atoms with Crippen molar-refractivity contribution in [2.45, 2.75) is 38.9 Å². The van der Waals surface area contributed by atoms with Gasteiger partial charge < -0.3 is 18.9 Å². The van der Waals surface area contributed by atoms with Gasteiger partial charge in [0.2, 0.25) is 0 Å². The average molecular weight is 634 g/mol. The summed E-state index contributed by atoms with van der Waals surface area (Å²) in [6.45, 7) is 5.71. The molecule has 0 radical (unpaired) electrons. The molecule has 2 aliphatic heterocycles. The van der Waals surface area contributed by atoms with E-state index >= 15 is 0 Å². The number of methoxy groups -OCH3 is 2. The first-order valence-corrected chi connectivity index (χ1v) is 15.6. The van der Waals surface area contributed by atoms with Crippen molar-refractivity contribution in [1.82, 2.24) is 10.0 Å². The van der Waals surface area contributed by atoms with Gasteiger partial charge in [-0.25, -0.2) is 10.0 Å². The Labute approximate surface area is 270 Å². The highest BCUT2D eigenvalue weighted by Crippen LogP contribution is 2.46. The molecule has 230 valence electrons. The Morgan fingerprint density at radius 2 is 1.27 bits per heavy atom. The fourth-order valence-corrected chi connectivity index (χ4v) is 6.97. The zero-order valence-corrected chi connectivity index (χ0v) is 27.6. The summed E-state index contributed by atoms with van der Waals surface area (Å²) in [4.78, 5) is 0. The van der Waals surface area contributed by atoms with Crippen LogP contribution in [0.4, 0.5) is 0 Å². The lowest BCUT2D eigenvalue weighted by atomic mass is 9.97. The van der Waals surface area contributed by atoms with Gasteiger partial charge in [0.05, 0.1) is 32.3 Å². The van der Waals surface area contributed by atoms with Crippen LogP contribution < -0.4 is 18.9 Å². The second-order valence-electron chi connectivity index (χ2n) is 11.8. The van der Waals surface area contributed by atoms with E-state index in [1.165, 1.54) is 22.3 Å². The molecule has 8 heteroatoms. The van der Waals surface area contributed by atoms with Crippen molar-refractivity contribution in [2.75, 3.05) is 41.4 Å². The molecule has 4 aromatic carbocycles. The van der Waals surface area contributed by atoms with Crippen molar-refractivity contribution in [3.8, 4) is 45.3 Å². The first kappa shape index (κ1) is 30.6. The van der Waals surface area contributed by atoms with Crippen molar-refractivity contribution in [3.63, 3.8) is 0 Å². The monoisotopic (exact) mass is 632 g/mol. The molecule has 6 nitrogen and oxygen atoms in total. The highest BCUT2D eigenvalue weighted by molar-refractivity contribution is 6.36. The van der Waals surface area contributed by atoms with Gasteiger partial charge >= 0.3 is 0 Å². The van der Waals surface area contributed by atoms with Crippen LogP contribution >= 0.6 is 23.2 Å².